The summed E-state index contributed by atoms with van der Waals surface area (Å²) in [5.74, 6) is -2.12. The van der Waals surface area contributed by atoms with Gasteiger partial charge in [-0.2, -0.15) is 4.72 Å². The number of ether oxygens (including phenoxy) is 1. The molecule has 0 aliphatic heterocycles. The highest BCUT2D eigenvalue weighted by Crippen LogP contribution is 2.18. The quantitative estimate of drug-likeness (QED) is 0.650. The molecule has 0 radical (unpaired) electrons. The van der Waals surface area contributed by atoms with Gasteiger partial charge in [-0.05, 0) is 24.6 Å². The van der Waals surface area contributed by atoms with Gasteiger partial charge in [-0.25, -0.2) is 12.8 Å². The Hall–Kier alpha value is -2.78. The van der Waals surface area contributed by atoms with E-state index < -0.39 is 44.7 Å². The van der Waals surface area contributed by atoms with Crippen LogP contribution >= 0.6 is 0 Å². The Bertz CT molecular complexity index is 934. The second kappa shape index (κ2) is 9.43. The Morgan fingerprint density at radius 3 is 2.29 bits per heavy atom. The van der Waals surface area contributed by atoms with E-state index in [1.54, 1.807) is 30.3 Å². The minimum absolute atomic E-state index is 0.126. The summed E-state index contributed by atoms with van der Waals surface area (Å²) >= 11 is 0. The summed E-state index contributed by atoms with van der Waals surface area (Å²) < 4.78 is 45.3. The lowest BCUT2D eigenvalue weighted by molar-refractivity contribution is -0.141. The van der Waals surface area contributed by atoms with E-state index in [1.807, 2.05) is 0 Å². The molecule has 0 spiro atoms. The molecule has 0 aromatic heterocycles. The highest BCUT2D eigenvalue weighted by atomic mass is 32.2. The highest BCUT2D eigenvalue weighted by Gasteiger charge is 2.27. The molecular weight excluding hydrogens is 387 g/mol. The molecule has 0 saturated carbocycles. The van der Waals surface area contributed by atoms with Gasteiger partial charge in [-0.1, -0.05) is 42.5 Å². The fraction of sp³-hybridized carbons (Fsp3) is 0.263. The molecule has 7 nitrogen and oxygen atoms in total. The van der Waals surface area contributed by atoms with Gasteiger partial charge in [0.25, 0.3) is 0 Å². The van der Waals surface area contributed by atoms with E-state index in [1.165, 1.54) is 26.2 Å². The van der Waals surface area contributed by atoms with Gasteiger partial charge in [0.05, 0.1) is 25.6 Å². The van der Waals surface area contributed by atoms with E-state index in [4.69, 9.17) is 0 Å². The van der Waals surface area contributed by atoms with E-state index in [9.17, 15) is 22.4 Å². The summed E-state index contributed by atoms with van der Waals surface area (Å²) in [6.45, 7) is 1.33. The van der Waals surface area contributed by atoms with E-state index >= 15 is 0 Å². The number of nitrogens with one attached hydrogen (secondary N) is 2. The average Bonchev–Trinajstić information content (AvgIpc) is 2.67. The second-order valence-corrected chi connectivity index (χ2v) is 7.71. The van der Waals surface area contributed by atoms with E-state index in [2.05, 4.69) is 14.8 Å². The van der Waals surface area contributed by atoms with Crippen molar-refractivity contribution in [3.63, 3.8) is 0 Å². The number of sulfonamides is 1. The first-order chi connectivity index (χ1) is 13.2. The topological polar surface area (TPSA) is 102 Å². The van der Waals surface area contributed by atoms with Crippen molar-refractivity contribution in [2.75, 3.05) is 7.11 Å². The number of hydrogen-bond donors (Lipinski definition) is 2. The Balaban J connectivity index is 2.14. The number of hydrogen-bond acceptors (Lipinski definition) is 5. The van der Waals surface area contributed by atoms with Gasteiger partial charge in [0.2, 0.25) is 15.9 Å². The fourth-order valence-electron chi connectivity index (χ4n) is 2.50. The summed E-state index contributed by atoms with van der Waals surface area (Å²) in [7, 11) is -3.01. The fourth-order valence-corrected chi connectivity index (χ4v) is 3.78. The molecule has 0 heterocycles. The van der Waals surface area contributed by atoms with Gasteiger partial charge in [0, 0.05) is 0 Å². The molecule has 0 bridgehead atoms. The maximum atomic E-state index is 13.8. The van der Waals surface area contributed by atoms with Crippen molar-refractivity contribution in [1.29, 1.82) is 0 Å². The molecule has 2 atom stereocenters. The Morgan fingerprint density at radius 1 is 1.07 bits per heavy atom. The largest absolute Gasteiger partial charge is 0.469 e. The molecule has 9 heteroatoms. The lowest BCUT2D eigenvalue weighted by Gasteiger charge is -2.21. The van der Waals surface area contributed by atoms with Crippen LogP contribution in [0.4, 0.5) is 4.39 Å². The predicted octanol–water partition coefficient (Wildman–Crippen LogP) is 1.91. The molecule has 1 amide bonds. The lowest BCUT2D eigenvalue weighted by atomic mass is 10.0. The van der Waals surface area contributed by atoms with Gasteiger partial charge in [-0.3, -0.25) is 9.59 Å². The number of methoxy groups -OCH3 is 1. The van der Waals surface area contributed by atoms with Gasteiger partial charge < -0.3 is 10.1 Å². The average molecular weight is 408 g/mol. The van der Waals surface area contributed by atoms with Gasteiger partial charge in [-0.15, -0.1) is 0 Å². The second-order valence-electron chi connectivity index (χ2n) is 6.03. The number of carbonyl (C=O) groups excluding carboxylic acids is 2. The molecule has 0 aliphatic rings. The molecule has 0 saturated heterocycles. The van der Waals surface area contributed by atoms with Crippen molar-refractivity contribution in [1.82, 2.24) is 10.0 Å². The van der Waals surface area contributed by atoms with Crippen LogP contribution in [0.1, 0.15) is 24.9 Å². The normalized spacial score (nSPS) is 13.4. The van der Waals surface area contributed by atoms with Crippen LogP contribution in [0, 0.1) is 5.82 Å². The third kappa shape index (κ3) is 5.61. The van der Waals surface area contributed by atoms with Crippen molar-refractivity contribution in [3.05, 3.63) is 66.0 Å². The number of amides is 1. The molecular formula is C19H21FN2O5S. The lowest BCUT2D eigenvalue weighted by Crippen LogP contribution is -2.46. The van der Waals surface area contributed by atoms with E-state index in [0.29, 0.717) is 5.56 Å². The van der Waals surface area contributed by atoms with Crippen LogP contribution in [0.3, 0.4) is 0 Å². The SMILES string of the molecule is COC(=O)CC(NC(=O)[C@H](C)NS(=O)(=O)c1ccccc1F)c1ccccc1. The third-order valence-corrected chi connectivity index (χ3v) is 5.54. The van der Waals surface area contributed by atoms with Crippen LogP contribution in [0.5, 0.6) is 0 Å². The van der Waals surface area contributed by atoms with Gasteiger partial charge in [0.15, 0.2) is 0 Å². The van der Waals surface area contributed by atoms with E-state index in [-0.39, 0.29) is 6.42 Å². The van der Waals surface area contributed by atoms with Crippen LogP contribution in [-0.4, -0.2) is 33.4 Å². The summed E-state index contributed by atoms with van der Waals surface area (Å²) in [5.41, 5.74) is 0.658. The highest BCUT2D eigenvalue weighted by molar-refractivity contribution is 7.89. The number of carbonyl (C=O) groups is 2. The van der Waals surface area contributed by atoms with Crippen LogP contribution in [0.2, 0.25) is 0 Å². The first-order valence-electron chi connectivity index (χ1n) is 8.43. The number of benzene rings is 2. The van der Waals surface area contributed by atoms with Gasteiger partial charge >= 0.3 is 5.97 Å². The Morgan fingerprint density at radius 2 is 1.68 bits per heavy atom. The van der Waals surface area contributed by atoms with E-state index in [0.717, 1.165) is 12.1 Å². The first kappa shape index (κ1) is 21.5. The summed E-state index contributed by atoms with van der Waals surface area (Å²) in [5, 5.41) is 2.63. The van der Waals surface area contributed by atoms with Gasteiger partial charge in [0.1, 0.15) is 10.7 Å². The van der Waals surface area contributed by atoms with Crippen LogP contribution in [0.15, 0.2) is 59.5 Å². The number of halogens is 1. The monoisotopic (exact) mass is 408 g/mol. The van der Waals surface area contributed by atoms with Crippen molar-refractivity contribution in [2.24, 2.45) is 0 Å². The number of esters is 1. The molecule has 2 rings (SSSR count). The molecule has 2 aromatic rings. The molecule has 2 aromatic carbocycles. The molecule has 150 valence electrons. The Labute approximate surface area is 163 Å². The smallest absolute Gasteiger partial charge is 0.307 e. The minimum atomic E-state index is -4.24. The zero-order chi connectivity index (χ0) is 20.7. The maximum absolute atomic E-state index is 13.8. The third-order valence-electron chi connectivity index (χ3n) is 3.97. The molecule has 2 N–H and O–H groups in total. The maximum Gasteiger partial charge on any atom is 0.307 e. The molecule has 1 unspecified atom stereocenters. The zero-order valence-corrected chi connectivity index (χ0v) is 16.2. The first-order valence-corrected chi connectivity index (χ1v) is 9.92. The number of rotatable bonds is 8. The molecule has 0 aliphatic carbocycles. The van der Waals surface area contributed by atoms with Crippen LogP contribution in [0.25, 0.3) is 0 Å². The summed E-state index contributed by atoms with van der Waals surface area (Å²) in [4.78, 5) is 23.6. The van der Waals surface area contributed by atoms with Crippen molar-refractivity contribution in [2.45, 2.75) is 30.3 Å². The van der Waals surface area contributed by atoms with Crippen molar-refractivity contribution in [3.8, 4) is 0 Å². The van der Waals surface area contributed by atoms with Crippen molar-refractivity contribution >= 4 is 21.9 Å². The van der Waals surface area contributed by atoms with Crippen LogP contribution < -0.4 is 10.0 Å². The molecule has 0 fully saturated rings. The Kier molecular flexibility index (Phi) is 7.24. The van der Waals surface area contributed by atoms with Crippen LogP contribution in [-0.2, 0) is 24.3 Å². The van der Waals surface area contributed by atoms with Crippen molar-refractivity contribution < 1.29 is 27.1 Å². The minimum Gasteiger partial charge on any atom is -0.469 e. The molecule has 28 heavy (non-hydrogen) atoms. The summed E-state index contributed by atoms with van der Waals surface area (Å²) in [6.07, 6.45) is -0.126. The predicted molar refractivity (Wildman–Crippen MR) is 100 cm³/mol. The standard InChI is InChI=1S/C19H21FN2O5S/c1-13(22-28(25,26)17-11-7-6-10-15(17)20)19(24)21-16(12-18(23)27-2)14-8-4-3-5-9-14/h3-11,13,16,22H,12H2,1-2H3,(H,21,24)/t13-,16?/m0/s1. The summed E-state index contributed by atoms with van der Waals surface area (Å²) in [6, 6.07) is 11.7. The zero-order valence-electron chi connectivity index (χ0n) is 15.4.